The molecule has 0 atom stereocenters. The van der Waals surface area contributed by atoms with Gasteiger partial charge in [-0.25, -0.2) is 8.42 Å². The minimum absolute atomic E-state index is 0.604. The summed E-state index contributed by atoms with van der Waals surface area (Å²) in [7, 11) is -1.33. The number of unbranched alkanes of at least 4 members (excludes halogenated alkanes) is 21. The van der Waals surface area contributed by atoms with Crippen molar-refractivity contribution < 1.29 is 17.5 Å². The van der Waals surface area contributed by atoms with Crippen LogP contribution in [0.1, 0.15) is 175 Å². The first-order valence-electron chi connectivity index (χ1n) is 16.4. The molecule has 0 unspecified atom stereocenters. The Hall–Kier alpha value is -0.130. The SMILES string of the molecule is CCCCCCCCCC[N+](C)(CCCCCCCCCC)CCCCCCCCCC.CS(=O)(=O)[O-]. The van der Waals surface area contributed by atoms with Gasteiger partial charge in [0, 0.05) is 6.26 Å². The molecule has 0 aromatic carbocycles. The van der Waals surface area contributed by atoms with Crippen molar-refractivity contribution in [2.24, 2.45) is 0 Å². The van der Waals surface area contributed by atoms with Gasteiger partial charge in [-0.3, -0.25) is 0 Å². The van der Waals surface area contributed by atoms with Crippen LogP contribution < -0.4 is 0 Å². The lowest BCUT2D eigenvalue weighted by Crippen LogP contribution is -2.46. The molecule has 37 heavy (non-hydrogen) atoms. The Morgan fingerprint density at radius 1 is 0.432 bits per heavy atom. The molecule has 0 heterocycles. The summed E-state index contributed by atoms with van der Waals surface area (Å²) in [4.78, 5) is 0. The molecule has 226 valence electrons. The number of rotatable bonds is 27. The lowest BCUT2D eigenvalue weighted by atomic mass is 10.1. The van der Waals surface area contributed by atoms with Gasteiger partial charge in [0.15, 0.2) is 0 Å². The van der Waals surface area contributed by atoms with Gasteiger partial charge in [0.2, 0.25) is 0 Å². The topological polar surface area (TPSA) is 57.2 Å². The van der Waals surface area contributed by atoms with Crippen molar-refractivity contribution >= 4 is 10.1 Å². The van der Waals surface area contributed by atoms with Gasteiger partial charge in [-0.2, -0.15) is 0 Å². The van der Waals surface area contributed by atoms with E-state index in [4.69, 9.17) is 13.0 Å². The Bertz CT molecular complexity index is 478. The molecule has 0 aromatic rings. The summed E-state index contributed by atoms with van der Waals surface area (Å²) >= 11 is 0. The van der Waals surface area contributed by atoms with Crippen LogP contribution in [0.3, 0.4) is 0 Å². The molecule has 0 fully saturated rings. The molecule has 0 bridgehead atoms. The lowest BCUT2D eigenvalue weighted by Gasteiger charge is -2.35. The molecule has 0 amide bonds. The molecule has 0 N–H and O–H groups in total. The first-order chi connectivity index (χ1) is 17.7. The molecule has 0 spiro atoms. The van der Waals surface area contributed by atoms with E-state index in [1.54, 1.807) is 0 Å². The zero-order valence-corrected chi connectivity index (χ0v) is 27.0. The number of hydrogen-bond donors (Lipinski definition) is 0. The van der Waals surface area contributed by atoms with E-state index in [0.29, 0.717) is 6.26 Å². The van der Waals surface area contributed by atoms with Crippen molar-refractivity contribution in [3.63, 3.8) is 0 Å². The van der Waals surface area contributed by atoms with Gasteiger partial charge >= 0.3 is 0 Å². The zero-order chi connectivity index (χ0) is 28.1. The molecule has 0 saturated heterocycles. The molecule has 0 aliphatic carbocycles. The van der Waals surface area contributed by atoms with E-state index >= 15 is 0 Å². The predicted molar refractivity (Wildman–Crippen MR) is 164 cm³/mol. The van der Waals surface area contributed by atoms with Crippen LogP contribution in [0.15, 0.2) is 0 Å². The maximum absolute atomic E-state index is 9.08. The van der Waals surface area contributed by atoms with Crippen LogP contribution in [0.25, 0.3) is 0 Å². The van der Waals surface area contributed by atoms with Crippen molar-refractivity contribution in [3.05, 3.63) is 0 Å². The fourth-order valence-electron chi connectivity index (χ4n) is 5.22. The highest BCUT2D eigenvalue weighted by Crippen LogP contribution is 2.17. The van der Waals surface area contributed by atoms with Gasteiger partial charge in [-0.1, -0.05) is 136 Å². The molecule has 5 heteroatoms. The highest BCUT2D eigenvalue weighted by Gasteiger charge is 2.20. The fourth-order valence-corrected chi connectivity index (χ4v) is 5.22. The number of quaternary nitrogens is 1. The normalized spacial score (nSPS) is 11.9. The van der Waals surface area contributed by atoms with Gasteiger partial charge < -0.3 is 9.04 Å². The first kappa shape index (κ1) is 39.0. The van der Waals surface area contributed by atoms with Crippen LogP contribution in [-0.2, 0) is 10.1 Å². The third-order valence-corrected chi connectivity index (χ3v) is 7.65. The van der Waals surface area contributed by atoms with E-state index in [0.717, 1.165) is 0 Å². The second kappa shape index (κ2) is 28.9. The zero-order valence-electron chi connectivity index (χ0n) is 26.2. The molecule has 0 rings (SSSR count). The Morgan fingerprint density at radius 2 is 0.595 bits per heavy atom. The highest BCUT2D eigenvalue weighted by atomic mass is 32.2. The smallest absolute Gasteiger partial charge is 0.0916 e. The summed E-state index contributed by atoms with van der Waals surface area (Å²) in [5.74, 6) is 0. The van der Waals surface area contributed by atoms with Gasteiger partial charge in [-0.15, -0.1) is 0 Å². The van der Waals surface area contributed by atoms with Gasteiger partial charge in [0.05, 0.1) is 36.8 Å². The van der Waals surface area contributed by atoms with E-state index in [-0.39, 0.29) is 0 Å². The molecule has 0 aromatic heterocycles. The van der Waals surface area contributed by atoms with Gasteiger partial charge in [0.25, 0.3) is 0 Å². The van der Waals surface area contributed by atoms with Crippen LogP contribution in [0.4, 0.5) is 0 Å². The number of nitrogens with zero attached hydrogens (tertiary/aromatic N) is 1. The molecule has 0 aliphatic rings. The van der Waals surface area contributed by atoms with Crippen LogP contribution >= 0.6 is 0 Å². The van der Waals surface area contributed by atoms with Crippen LogP contribution in [0, 0.1) is 0 Å². The van der Waals surface area contributed by atoms with Crippen molar-refractivity contribution in [1.82, 2.24) is 0 Å². The summed E-state index contributed by atoms with van der Waals surface area (Å²) in [6.45, 7) is 11.2. The maximum atomic E-state index is 9.08. The van der Waals surface area contributed by atoms with Crippen LogP contribution in [-0.4, -0.2) is 50.4 Å². The average molecular weight is 548 g/mol. The Balaban J connectivity index is 0. The standard InChI is InChI=1S/C31H66N.CH4O3S/c1-5-8-11-14-17-20-23-26-29-32(4,30-27-24-21-18-15-12-9-6-2)31-28-25-22-19-16-13-10-7-3;1-5(2,3)4/h5-31H2,1-4H3;1H3,(H,2,3,4)/q+1;/p-1. The first-order valence-corrected chi connectivity index (χ1v) is 18.2. The minimum atomic E-state index is -3.92. The second-order valence-corrected chi connectivity index (χ2v) is 13.3. The summed E-state index contributed by atoms with van der Waals surface area (Å²) in [5, 5.41) is 0. The van der Waals surface area contributed by atoms with E-state index in [2.05, 4.69) is 27.8 Å². The van der Waals surface area contributed by atoms with Crippen molar-refractivity contribution in [1.29, 1.82) is 0 Å². The number of hydrogen-bond acceptors (Lipinski definition) is 3. The van der Waals surface area contributed by atoms with E-state index in [9.17, 15) is 0 Å². The maximum Gasteiger partial charge on any atom is 0.0916 e. The quantitative estimate of drug-likeness (QED) is 0.0584. The Morgan fingerprint density at radius 3 is 0.784 bits per heavy atom. The molecule has 4 nitrogen and oxygen atoms in total. The molecule has 0 radical (unpaired) electrons. The van der Waals surface area contributed by atoms with Crippen LogP contribution in [0.5, 0.6) is 0 Å². The Labute approximate surface area is 235 Å². The van der Waals surface area contributed by atoms with Crippen LogP contribution in [0.2, 0.25) is 0 Å². The molecular weight excluding hydrogens is 478 g/mol. The van der Waals surface area contributed by atoms with Crippen molar-refractivity contribution in [3.8, 4) is 0 Å². The third-order valence-electron chi connectivity index (χ3n) is 7.65. The largest absolute Gasteiger partial charge is 0.748 e. The van der Waals surface area contributed by atoms with Crippen molar-refractivity contribution in [2.75, 3.05) is 32.9 Å². The lowest BCUT2D eigenvalue weighted by molar-refractivity contribution is -0.910. The fraction of sp³-hybridized carbons (Fsp3) is 1.00. The van der Waals surface area contributed by atoms with Crippen molar-refractivity contribution in [2.45, 2.75) is 175 Å². The molecule has 0 aliphatic heterocycles. The monoisotopic (exact) mass is 547 g/mol. The van der Waals surface area contributed by atoms with Gasteiger partial charge in [0.1, 0.15) is 0 Å². The summed E-state index contributed by atoms with van der Waals surface area (Å²) in [6, 6.07) is 0. The Kier molecular flexibility index (Phi) is 30.4. The predicted octanol–water partition coefficient (Wildman–Crippen LogP) is 10.0. The van der Waals surface area contributed by atoms with Gasteiger partial charge in [-0.05, 0) is 38.5 Å². The second-order valence-electron chi connectivity index (χ2n) is 11.9. The summed E-state index contributed by atoms with van der Waals surface area (Å²) < 4.78 is 28.6. The van der Waals surface area contributed by atoms with E-state index in [1.807, 2.05) is 0 Å². The third kappa shape index (κ3) is 38.1. The van der Waals surface area contributed by atoms with E-state index in [1.165, 1.54) is 178 Å². The summed E-state index contributed by atoms with van der Waals surface area (Å²) in [6.07, 6.45) is 35.4. The average Bonchev–Trinajstić information content (AvgIpc) is 2.83. The minimum Gasteiger partial charge on any atom is -0.748 e. The summed E-state index contributed by atoms with van der Waals surface area (Å²) in [5.41, 5.74) is 0. The van der Waals surface area contributed by atoms with E-state index < -0.39 is 10.1 Å². The highest BCUT2D eigenvalue weighted by molar-refractivity contribution is 7.84. The molecule has 0 saturated carbocycles. The molecular formula is C32H69NO3S.